The van der Waals surface area contributed by atoms with Crippen molar-refractivity contribution in [1.82, 2.24) is 10.2 Å². The van der Waals surface area contributed by atoms with Gasteiger partial charge in [0, 0.05) is 30.4 Å². The highest BCUT2D eigenvalue weighted by molar-refractivity contribution is 6.01. The van der Waals surface area contributed by atoms with Crippen LogP contribution in [0.25, 0.3) is 0 Å². The smallest absolute Gasteiger partial charge is 0.313 e. The van der Waals surface area contributed by atoms with E-state index < -0.39 is 0 Å². The first-order valence-corrected chi connectivity index (χ1v) is 7.96. The van der Waals surface area contributed by atoms with Crippen LogP contribution < -0.4 is 10.2 Å². The number of anilines is 2. The Balaban J connectivity index is 2.14. The molecule has 0 aliphatic heterocycles. The largest absolute Gasteiger partial charge is 0.417 e. The van der Waals surface area contributed by atoms with Crippen LogP contribution in [0.2, 0.25) is 0 Å². The molecule has 0 aliphatic rings. The van der Waals surface area contributed by atoms with Crippen molar-refractivity contribution in [2.45, 2.75) is 40.5 Å². The average molecular weight is 316 g/mol. The summed E-state index contributed by atoms with van der Waals surface area (Å²) < 4.78 is 5.37. The standard InChI is InChI=1S/C17H24N4O2/c1-6-21(7-2)13-8-9-14(12(5)10-13)18-15(22)17-20-19-16(23-17)11(3)4/h8-11H,6-7H2,1-5H3,(H,18,22). The molecule has 0 radical (unpaired) electrons. The molecule has 1 N–H and O–H groups in total. The molecule has 1 heterocycles. The maximum absolute atomic E-state index is 12.2. The molecule has 0 aliphatic carbocycles. The highest BCUT2D eigenvalue weighted by Gasteiger charge is 2.17. The van der Waals surface area contributed by atoms with Gasteiger partial charge in [0.2, 0.25) is 5.89 Å². The lowest BCUT2D eigenvalue weighted by atomic mass is 10.1. The monoisotopic (exact) mass is 316 g/mol. The molecule has 1 aromatic heterocycles. The Bertz CT molecular complexity index is 675. The minimum Gasteiger partial charge on any atom is -0.417 e. The SMILES string of the molecule is CCN(CC)c1ccc(NC(=O)c2nnc(C(C)C)o2)c(C)c1. The van der Waals surface area contributed by atoms with E-state index in [9.17, 15) is 4.79 Å². The first-order chi connectivity index (χ1) is 11.0. The molecular weight excluding hydrogens is 292 g/mol. The van der Waals surface area contributed by atoms with Gasteiger partial charge in [0.05, 0.1) is 0 Å². The lowest BCUT2D eigenvalue weighted by Gasteiger charge is -2.22. The summed E-state index contributed by atoms with van der Waals surface area (Å²) in [5.74, 6) is 0.159. The molecule has 0 spiro atoms. The number of aryl methyl sites for hydroxylation is 1. The summed E-state index contributed by atoms with van der Waals surface area (Å²) in [6, 6.07) is 5.97. The van der Waals surface area contributed by atoms with Crippen LogP contribution in [0.1, 0.15) is 55.8 Å². The van der Waals surface area contributed by atoms with E-state index in [0.29, 0.717) is 5.89 Å². The third-order valence-electron chi connectivity index (χ3n) is 3.72. The Kier molecular flexibility index (Phi) is 5.36. The van der Waals surface area contributed by atoms with E-state index in [0.717, 1.165) is 30.0 Å². The Labute approximate surface area is 136 Å². The van der Waals surface area contributed by atoms with Crippen molar-refractivity contribution in [2.75, 3.05) is 23.3 Å². The number of nitrogens with one attached hydrogen (secondary N) is 1. The molecule has 6 nitrogen and oxygen atoms in total. The molecule has 0 unspecified atom stereocenters. The first-order valence-electron chi connectivity index (χ1n) is 7.96. The van der Waals surface area contributed by atoms with Crippen molar-refractivity contribution in [3.8, 4) is 0 Å². The van der Waals surface area contributed by atoms with E-state index in [4.69, 9.17) is 4.42 Å². The van der Waals surface area contributed by atoms with E-state index in [1.54, 1.807) is 0 Å². The average Bonchev–Trinajstić information content (AvgIpc) is 3.01. The Morgan fingerprint density at radius 2 is 1.96 bits per heavy atom. The van der Waals surface area contributed by atoms with Gasteiger partial charge in [0.25, 0.3) is 0 Å². The number of hydrogen-bond donors (Lipinski definition) is 1. The molecule has 1 aromatic carbocycles. The molecule has 0 bridgehead atoms. The third-order valence-corrected chi connectivity index (χ3v) is 3.72. The topological polar surface area (TPSA) is 71.3 Å². The summed E-state index contributed by atoms with van der Waals surface area (Å²) in [4.78, 5) is 14.5. The van der Waals surface area contributed by atoms with E-state index >= 15 is 0 Å². The molecule has 2 rings (SSSR count). The van der Waals surface area contributed by atoms with Crippen LogP contribution in [0.5, 0.6) is 0 Å². The number of carbonyl (C=O) groups is 1. The molecule has 0 atom stereocenters. The van der Waals surface area contributed by atoms with Gasteiger partial charge in [-0.3, -0.25) is 4.79 Å². The van der Waals surface area contributed by atoms with E-state index in [1.807, 2.05) is 32.9 Å². The number of amides is 1. The highest BCUT2D eigenvalue weighted by Crippen LogP contribution is 2.23. The Morgan fingerprint density at radius 1 is 1.26 bits per heavy atom. The maximum atomic E-state index is 12.2. The minimum absolute atomic E-state index is 0.0130. The van der Waals surface area contributed by atoms with Gasteiger partial charge in [-0.1, -0.05) is 13.8 Å². The maximum Gasteiger partial charge on any atom is 0.313 e. The van der Waals surface area contributed by atoms with E-state index in [-0.39, 0.29) is 17.7 Å². The fraction of sp³-hybridized carbons (Fsp3) is 0.471. The molecule has 0 saturated carbocycles. The quantitative estimate of drug-likeness (QED) is 0.881. The predicted octanol–water partition coefficient (Wildman–Crippen LogP) is 3.60. The molecule has 124 valence electrons. The Morgan fingerprint density at radius 3 is 2.48 bits per heavy atom. The van der Waals surface area contributed by atoms with Crippen LogP contribution >= 0.6 is 0 Å². The first kappa shape index (κ1) is 17.0. The molecule has 2 aromatic rings. The molecule has 1 amide bonds. The van der Waals surface area contributed by atoms with Crippen molar-refractivity contribution in [1.29, 1.82) is 0 Å². The van der Waals surface area contributed by atoms with Crippen molar-refractivity contribution in [3.05, 3.63) is 35.5 Å². The summed E-state index contributed by atoms with van der Waals surface area (Å²) >= 11 is 0. The summed E-state index contributed by atoms with van der Waals surface area (Å²) in [6.07, 6.45) is 0. The summed E-state index contributed by atoms with van der Waals surface area (Å²) in [5.41, 5.74) is 2.88. The second-order valence-corrected chi connectivity index (χ2v) is 5.73. The minimum atomic E-state index is -0.386. The number of benzene rings is 1. The van der Waals surface area contributed by atoms with E-state index in [2.05, 4.69) is 40.3 Å². The zero-order valence-electron chi connectivity index (χ0n) is 14.4. The third kappa shape index (κ3) is 3.88. The summed E-state index contributed by atoms with van der Waals surface area (Å²) in [5, 5.41) is 10.5. The van der Waals surface area contributed by atoms with Gasteiger partial charge in [-0.2, -0.15) is 0 Å². The van der Waals surface area contributed by atoms with Gasteiger partial charge in [-0.15, -0.1) is 10.2 Å². The fourth-order valence-electron chi connectivity index (χ4n) is 2.31. The molecule has 23 heavy (non-hydrogen) atoms. The van der Waals surface area contributed by atoms with Gasteiger partial charge in [-0.05, 0) is 44.5 Å². The lowest BCUT2D eigenvalue weighted by Crippen LogP contribution is -2.22. The van der Waals surface area contributed by atoms with Crippen molar-refractivity contribution >= 4 is 17.3 Å². The highest BCUT2D eigenvalue weighted by atomic mass is 16.4. The second kappa shape index (κ2) is 7.26. The summed E-state index contributed by atoms with van der Waals surface area (Å²) in [6.45, 7) is 12.0. The van der Waals surface area contributed by atoms with Gasteiger partial charge < -0.3 is 14.6 Å². The predicted molar refractivity (Wildman–Crippen MR) is 91.1 cm³/mol. The van der Waals surface area contributed by atoms with E-state index in [1.165, 1.54) is 0 Å². The van der Waals surface area contributed by atoms with Gasteiger partial charge in [0.15, 0.2) is 0 Å². The van der Waals surface area contributed by atoms with Gasteiger partial charge in [-0.25, -0.2) is 0 Å². The molecule has 6 heteroatoms. The number of hydrogen-bond acceptors (Lipinski definition) is 5. The fourth-order valence-corrected chi connectivity index (χ4v) is 2.31. The second-order valence-electron chi connectivity index (χ2n) is 5.73. The van der Waals surface area contributed by atoms with Crippen molar-refractivity contribution < 1.29 is 9.21 Å². The molecule has 0 saturated heterocycles. The normalized spacial score (nSPS) is 10.9. The number of rotatable bonds is 6. The zero-order valence-corrected chi connectivity index (χ0v) is 14.4. The lowest BCUT2D eigenvalue weighted by molar-refractivity contribution is 0.0988. The number of aromatic nitrogens is 2. The van der Waals surface area contributed by atoms with Crippen LogP contribution in [0.4, 0.5) is 11.4 Å². The van der Waals surface area contributed by atoms with Gasteiger partial charge in [0.1, 0.15) is 0 Å². The van der Waals surface area contributed by atoms with Crippen LogP contribution in [0.3, 0.4) is 0 Å². The van der Waals surface area contributed by atoms with Gasteiger partial charge >= 0.3 is 11.8 Å². The number of carbonyl (C=O) groups excluding carboxylic acids is 1. The van der Waals surface area contributed by atoms with Crippen LogP contribution in [-0.4, -0.2) is 29.2 Å². The molecule has 0 fully saturated rings. The Hall–Kier alpha value is -2.37. The van der Waals surface area contributed by atoms with Crippen LogP contribution in [0.15, 0.2) is 22.6 Å². The molecular formula is C17H24N4O2. The zero-order chi connectivity index (χ0) is 17.0. The van der Waals surface area contributed by atoms with Crippen LogP contribution in [-0.2, 0) is 0 Å². The summed E-state index contributed by atoms with van der Waals surface area (Å²) in [7, 11) is 0. The van der Waals surface area contributed by atoms with Crippen molar-refractivity contribution in [3.63, 3.8) is 0 Å². The van der Waals surface area contributed by atoms with Crippen LogP contribution in [0, 0.1) is 6.92 Å². The van der Waals surface area contributed by atoms with Crippen molar-refractivity contribution in [2.24, 2.45) is 0 Å². The number of nitrogens with zero attached hydrogens (tertiary/aromatic N) is 3.